The third-order valence-electron chi connectivity index (χ3n) is 5.17. The van der Waals surface area contributed by atoms with Crippen molar-refractivity contribution < 1.29 is 19.0 Å². The van der Waals surface area contributed by atoms with Gasteiger partial charge in [0.25, 0.3) is 0 Å². The predicted octanol–water partition coefficient (Wildman–Crippen LogP) is 1.57. The van der Waals surface area contributed by atoms with Crippen molar-refractivity contribution >= 4 is 5.91 Å². The molecule has 25 heavy (non-hydrogen) atoms. The molecule has 1 fully saturated rings. The molecule has 1 saturated heterocycles. The molecule has 0 aliphatic carbocycles. The van der Waals surface area contributed by atoms with Crippen molar-refractivity contribution in [3.8, 4) is 11.5 Å². The molecule has 1 aromatic carbocycles. The molecule has 0 saturated carbocycles. The van der Waals surface area contributed by atoms with E-state index in [-0.39, 0.29) is 23.5 Å². The van der Waals surface area contributed by atoms with Gasteiger partial charge in [-0.1, -0.05) is 19.9 Å². The van der Waals surface area contributed by atoms with Gasteiger partial charge in [0.05, 0.1) is 12.1 Å². The molecule has 0 spiro atoms. The number of fused-ring (bicyclic) bond motifs is 1. The van der Waals surface area contributed by atoms with Gasteiger partial charge in [-0.15, -0.1) is 0 Å². The standard InChI is InChI=1S/C19H28N2O4/c1-19(2,13-5-6-16-17(9-13)25-8-7-24-16)12-20-18(22)15-10-14(23-4)11-21(15)3/h5-6,9,14-15H,7-8,10-12H2,1-4H3,(H,20,22)/t14-,15-/m0/s1. The zero-order valence-electron chi connectivity index (χ0n) is 15.5. The zero-order chi connectivity index (χ0) is 18.0. The predicted molar refractivity (Wildman–Crippen MR) is 95.3 cm³/mol. The molecular weight excluding hydrogens is 320 g/mol. The van der Waals surface area contributed by atoms with E-state index < -0.39 is 0 Å². The first kappa shape index (κ1) is 18.0. The van der Waals surface area contributed by atoms with Crippen LogP contribution in [0.4, 0.5) is 0 Å². The van der Waals surface area contributed by atoms with Gasteiger partial charge in [-0.05, 0) is 31.2 Å². The van der Waals surface area contributed by atoms with Crippen LogP contribution in [0.25, 0.3) is 0 Å². The minimum atomic E-state index is -0.205. The number of amides is 1. The molecule has 138 valence electrons. The Morgan fingerprint density at radius 2 is 2.04 bits per heavy atom. The van der Waals surface area contributed by atoms with Crippen molar-refractivity contribution in [2.24, 2.45) is 0 Å². The van der Waals surface area contributed by atoms with Crippen LogP contribution in [0.3, 0.4) is 0 Å². The summed E-state index contributed by atoms with van der Waals surface area (Å²) in [5, 5.41) is 3.11. The Bertz CT molecular complexity index is 632. The number of nitrogens with one attached hydrogen (secondary N) is 1. The number of carbonyl (C=O) groups is 1. The van der Waals surface area contributed by atoms with Crippen LogP contribution in [0.15, 0.2) is 18.2 Å². The monoisotopic (exact) mass is 348 g/mol. The number of hydrogen-bond acceptors (Lipinski definition) is 5. The van der Waals surface area contributed by atoms with Crippen molar-refractivity contribution in [3.05, 3.63) is 23.8 Å². The Morgan fingerprint density at radius 1 is 1.32 bits per heavy atom. The summed E-state index contributed by atoms with van der Waals surface area (Å²) in [6.07, 6.45) is 0.870. The number of likely N-dealkylation sites (tertiary alicyclic amines) is 1. The number of methoxy groups -OCH3 is 1. The fourth-order valence-corrected chi connectivity index (χ4v) is 3.42. The quantitative estimate of drug-likeness (QED) is 0.875. The van der Waals surface area contributed by atoms with Gasteiger partial charge in [-0.2, -0.15) is 0 Å². The average molecular weight is 348 g/mol. The van der Waals surface area contributed by atoms with E-state index in [1.807, 2.05) is 25.2 Å². The first-order valence-electron chi connectivity index (χ1n) is 8.81. The molecule has 1 N–H and O–H groups in total. The van der Waals surface area contributed by atoms with Gasteiger partial charge >= 0.3 is 0 Å². The van der Waals surface area contributed by atoms with Crippen LogP contribution in [0.2, 0.25) is 0 Å². The molecule has 1 amide bonds. The Balaban J connectivity index is 1.62. The van der Waals surface area contributed by atoms with Crippen LogP contribution in [-0.4, -0.2) is 63.4 Å². The summed E-state index contributed by atoms with van der Waals surface area (Å²) < 4.78 is 16.6. The minimum Gasteiger partial charge on any atom is -0.486 e. The van der Waals surface area contributed by atoms with Gasteiger partial charge in [-0.3, -0.25) is 9.69 Å². The molecule has 2 aliphatic rings. The molecule has 2 aliphatic heterocycles. The maximum atomic E-state index is 12.6. The molecule has 0 aromatic heterocycles. The van der Waals surface area contributed by atoms with Crippen LogP contribution in [0.5, 0.6) is 11.5 Å². The van der Waals surface area contributed by atoms with Crippen molar-refractivity contribution in [2.45, 2.75) is 37.8 Å². The third-order valence-corrected chi connectivity index (χ3v) is 5.17. The summed E-state index contributed by atoms with van der Waals surface area (Å²) >= 11 is 0. The van der Waals surface area contributed by atoms with Gasteiger partial charge in [0.15, 0.2) is 11.5 Å². The van der Waals surface area contributed by atoms with Crippen molar-refractivity contribution in [1.29, 1.82) is 0 Å². The fourth-order valence-electron chi connectivity index (χ4n) is 3.42. The van der Waals surface area contributed by atoms with E-state index in [1.165, 1.54) is 0 Å². The lowest BCUT2D eigenvalue weighted by Gasteiger charge is -2.29. The average Bonchev–Trinajstić information content (AvgIpc) is 3.00. The molecule has 6 heteroatoms. The Hall–Kier alpha value is -1.79. The maximum Gasteiger partial charge on any atom is 0.237 e. The molecule has 3 rings (SSSR count). The molecule has 6 nitrogen and oxygen atoms in total. The number of rotatable bonds is 5. The lowest BCUT2D eigenvalue weighted by atomic mass is 9.84. The molecular formula is C19H28N2O4. The van der Waals surface area contributed by atoms with E-state index in [4.69, 9.17) is 14.2 Å². The smallest absolute Gasteiger partial charge is 0.237 e. The minimum absolute atomic E-state index is 0.0627. The summed E-state index contributed by atoms with van der Waals surface area (Å²) in [5.41, 5.74) is 0.912. The van der Waals surface area contributed by atoms with Crippen LogP contribution >= 0.6 is 0 Å². The van der Waals surface area contributed by atoms with E-state index in [0.717, 1.165) is 30.0 Å². The second-order valence-corrected chi connectivity index (χ2v) is 7.51. The highest BCUT2D eigenvalue weighted by molar-refractivity contribution is 5.82. The van der Waals surface area contributed by atoms with Crippen LogP contribution in [0.1, 0.15) is 25.8 Å². The highest BCUT2D eigenvalue weighted by Crippen LogP contribution is 2.35. The van der Waals surface area contributed by atoms with Crippen molar-refractivity contribution in [2.75, 3.05) is 40.5 Å². The number of nitrogens with zero attached hydrogens (tertiary/aromatic N) is 1. The van der Waals surface area contributed by atoms with E-state index in [1.54, 1.807) is 7.11 Å². The summed E-state index contributed by atoms with van der Waals surface area (Å²) in [6.45, 7) is 6.75. The molecule has 1 aromatic rings. The lowest BCUT2D eigenvalue weighted by Crippen LogP contribution is -2.45. The number of likely N-dealkylation sites (N-methyl/N-ethyl adjacent to an activating group) is 1. The van der Waals surface area contributed by atoms with Crippen LogP contribution in [-0.2, 0) is 14.9 Å². The molecule has 2 heterocycles. The van der Waals surface area contributed by atoms with Gasteiger partial charge in [0.2, 0.25) is 5.91 Å². The van der Waals surface area contributed by atoms with E-state index >= 15 is 0 Å². The fraction of sp³-hybridized carbons (Fsp3) is 0.632. The summed E-state index contributed by atoms with van der Waals surface area (Å²) in [5.74, 6) is 1.63. The number of hydrogen-bond donors (Lipinski definition) is 1. The van der Waals surface area contributed by atoms with E-state index in [0.29, 0.717) is 19.8 Å². The molecule has 0 radical (unpaired) electrons. The second-order valence-electron chi connectivity index (χ2n) is 7.51. The van der Waals surface area contributed by atoms with Gasteiger partial charge in [-0.25, -0.2) is 0 Å². The van der Waals surface area contributed by atoms with Crippen molar-refractivity contribution in [1.82, 2.24) is 10.2 Å². The number of ether oxygens (including phenoxy) is 3. The molecule has 0 unspecified atom stereocenters. The molecule has 0 bridgehead atoms. The Kier molecular flexibility index (Phi) is 5.20. The van der Waals surface area contributed by atoms with Crippen LogP contribution in [0, 0.1) is 0 Å². The maximum absolute atomic E-state index is 12.6. The van der Waals surface area contributed by atoms with Gasteiger partial charge in [0, 0.05) is 25.6 Å². The third kappa shape index (κ3) is 3.90. The van der Waals surface area contributed by atoms with Crippen LogP contribution < -0.4 is 14.8 Å². The summed E-state index contributed by atoms with van der Waals surface area (Å²) in [4.78, 5) is 14.6. The highest BCUT2D eigenvalue weighted by Gasteiger charge is 2.35. The lowest BCUT2D eigenvalue weighted by molar-refractivity contribution is -0.125. The normalized spacial score (nSPS) is 23.5. The Labute approximate surface area is 149 Å². The topological polar surface area (TPSA) is 60.0 Å². The second kappa shape index (κ2) is 7.22. The number of benzene rings is 1. The first-order chi connectivity index (χ1) is 11.9. The highest BCUT2D eigenvalue weighted by atomic mass is 16.6. The zero-order valence-corrected chi connectivity index (χ0v) is 15.5. The largest absolute Gasteiger partial charge is 0.486 e. The number of carbonyl (C=O) groups excluding carboxylic acids is 1. The van der Waals surface area contributed by atoms with Crippen molar-refractivity contribution in [3.63, 3.8) is 0 Å². The van der Waals surface area contributed by atoms with E-state index in [2.05, 4.69) is 24.1 Å². The SMILES string of the molecule is CO[C@H]1C[C@@H](C(=O)NCC(C)(C)c2ccc3c(c2)OCCO3)N(C)C1. The van der Waals surface area contributed by atoms with Gasteiger partial charge in [0.1, 0.15) is 13.2 Å². The van der Waals surface area contributed by atoms with E-state index in [9.17, 15) is 4.79 Å². The van der Waals surface area contributed by atoms with Gasteiger partial charge < -0.3 is 19.5 Å². The summed E-state index contributed by atoms with van der Waals surface area (Å²) in [7, 11) is 3.67. The summed E-state index contributed by atoms with van der Waals surface area (Å²) in [6, 6.07) is 5.88. The Morgan fingerprint density at radius 3 is 2.72 bits per heavy atom. The first-order valence-corrected chi connectivity index (χ1v) is 8.81. The molecule has 2 atom stereocenters.